The van der Waals surface area contributed by atoms with Crippen LogP contribution in [0.25, 0.3) is 0 Å². The van der Waals surface area contributed by atoms with Crippen LogP contribution in [0.1, 0.15) is 106 Å². The van der Waals surface area contributed by atoms with Gasteiger partial charge in [-0.15, -0.1) is 0 Å². The van der Waals surface area contributed by atoms with Gasteiger partial charge < -0.3 is 14.6 Å². The van der Waals surface area contributed by atoms with Gasteiger partial charge in [0.2, 0.25) is 5.75 Å². The van der Waals surface area contributed by atoms with Crippen LogP contribution < -0.4 is 9.47 Å². The maximum absolute atomic E-state index is 12.7. The van der Waals surface area contributed by atoms with Crippen LogP contribution in [0.2, 0.25) is 0 Å². The molecule has 6 nitrogen and oxygen atoms in total. The van der Waals surface area contributed by atoms with Crippen molar-refractivity contribution in [3.8, 4) is 17.2 Å². The van der Waals surface area contributed by atoms with Crippen molar-refractivity contribution in [2.45, 2.75) is 106 Å². The molecule has 1 atom stereocenters. The van der Waals surface area contributed by atoms with Crippen molar-refractivity contribution in [3.63, 3.8) is 0 Å². The van der Waals surface area contributed by atoms with Crippen LogP contribution in [0.5, 0.6) is 17.2 Å². The number of methoxy groups -OCH3 is 2. The van der Waals surface area contributed by atoms with Gasteiger partial charge in [0.25, 0.3) is 10.1 Å². The number of rotatable bonds is 11. The van der Waals surface area contributed by atoms with Crippen molar-refractivity contribution < 1.29 is 27.6 Å². The van der Waals surface area contributed by atoms with Gasteiger partial charge in [-0.2, -0.15) is 8.42 Å². The van der Waals surface area contributed by atoms with E-state index in [0.29, 0.717) is 29.9 Å². The minimum atomic E-state index is -4.67. The lowest BCUT2D eigenvalue weighted by molar-refractivity contribution is 0.0761. The van der Waals surface area contributed by atoms with Gasteiger partial charge in [0.15, 0.2) is 11.5 Å². The first-order valence-corrected chi connectivity index (χ1v) is 13.7. The zero-order valence-corrected chi connectivity index (χ0v) is 24.2. The molecule has 0 aromatic heterocycles. The maximum atomic E-state index is 12.7. The van der Waals surface area contributed by atoms with Crippen LogP contribution in [-0.2, 0) is 16.5 Å². The van der Waals surface area contributed by atoms with Gasteiger partial charge in [-0.25, -0.2) is 0 Å². The molecule has 34 heavy (non-hydrogen) atoms. The average Bonchev–Trinajstić information content (AvgIpc) is 2.59. The van der Waals surface area contributed by atoms with E-state index in [4.69, 9.17) is 9.47 Å². The molecule has 0 spiro atoms. The molecule has 1 unspecified atom stereocenters. The molecule has 7 heteroatoms. The fourth-order valence-electron chi connectivity index (χ4n) is 6.67. The van der Waals surface area contributed by atoms with Crippen molar-refractivity contribution in [2.75, 3.05) is 14.2 Å². The first-order valence-electron chi connectivity index (χ1n) is 12.2. The van der Waals surface area contributed by atoms with Crippen molar-refractivity contribution in [1.82, 2.24) is 0 Å². The Morgan fingerprint density at radius 1 is 0.912 bits per heavy atom. The van der Waals surface area contributed by atoms with Crippen molar-refractivity contribution in [3.05, 3.63) is 11.1 Å². The molecule has 1 rings (SSSR count). The lowest BCUT2D eigenvalue weighted by Crippen LogP contribution is -2.38. The smallest absolute Gasteiger partial charge is 0.298 e. The van der Waals surface area contributed by atoms with Crippen LogP contribution in [0.15, 0.2) is 4.90 Å². The highest BCUT2D eigenvalue weighted by Gasteiger charge is 2.47. The summed E-state index contributed by atoms with van der Waals surface area (Å²) in [4.78, 5) is -0.307. The molecule has 0 aliphatic rings. The van der Waals surface area contributed by atoms with E-state index in [9.17, 15) is 18.1 Å². The van der Waals surface area contributed by atoms with E-state index in [1.165, 1.54) is 14.2 Å². The number of ether oxygens (including phenoxy) is 2. The van der Waals surface area contributed by atoms with E-state index in [1.54, 1.807) is 0 Å². The lowest BCUT2D eigenvalue weighted by Gasteiger charge is -2.49. The molecule has 0 saturated heterocycles. The summed E-state index contributed by atoms with van der Waals surface area (Å²) in [7, 11) is -1.99. The molecule has 0 saturated carbocycles. The van der Waals surface area contributed by atoms with Crippen LogP contribution in [0.4, 0.5) is 0 Å². The number of hydrogen-bond donors (Lipinski definition) is 2. The fourth-order valence-corrected chi connectivity index (χ4v) is 7.60. The van der Waals surface area contributed by atoms with E-state index >= 15 is 0 Å². The third kappa shape index (κ3) is 6.81. The van der Waals surface area contributed by atoms with Crippen LogP contribution in [0.3, 0.4) is 0 Å². The van der Waals surface area contributed by atoms with Gasteiger partial charge in [0.05, 0.1) is 14.2 Å². The summed E-state index contributed by atoms with van der Waals surface area (Å²) in [5.74, 6) is -0.186. The normalized spacial score (nSPS) is 14.4. The zero-order valence-electron chi connectivity index (χ0n) is 23.4. The van der Waals surface area contributed by atoms with Gasteiger partial charge >= 0.3 is 0 Å². The number of aromatic hydroxyl groups is 1. The molecule has 198 valence electrons. The SMILES string of the molecule is CCCc1c(C(C(C)(C)CC(C)C)C(C)(C)CC(C)(C)C)c(O)c(OC)c(OC)c1S(=O)(=O)O. The molecular formula is C27H48O6S. The van der Waals surface area contributed by atoms with Gasteiger partial charge in [-0.3, -0.25) is 4.55 Å². The Labute approximate surface area is 208 Å². The Hall–Kier alpha value is -1.47. The Morgan fingerprint density at radius 3 is 1.76 bits per heavy atom. The summed E-state index contributed by atoms with van der Waals surface area (Å²) in [6, 6.07) is 0. The summed E-state index contributed by atoms with van der Waals surface area (Å²) >= 11 is 0. The van der Waals surface area contributed by atoms with Crippen molar-refractivity contribution in [2.24, 2.45) is 22.2 Å². The van der Waals surface area contributed by atoms with E-state index in [1.807, 2.05) is 6.92 Å². The van der Waals surface area contributed by atoms with Crippen molar-refractivity contribution >= 4 is 10.1 Å². The first-order chi connectivity index (χ1) is 15.2. The monoisotopic (exact) mass is 500 g/mol. The molecule has 0 heterocycles. The van der Waals surface area contributed by atoms with Crippen LogP contribution >= 0.6 is 0 Å². The number of benzene rings is 1. The molecular weight excluding hydrogens is 452 g/mol. The second-order valence-corrected chi connectivity index (χ2v) is 14.0. The van der Waals surface area contributed by atoms with Gasteiger partial charge in [0.1, 0.15) is 4.90 Å². The Morgan fingerprint density at radius 2 is 1.41 bits per heavy atom. The largest absolute Gasteiger partial charge is 0.504 e. The first kappa shape index (κ1) is 30.6. The molecule has 0 aliphatic carbocycles. The second kappa shape index (κ2) is 10.7. The van der Waals surface area contributed by atoms with E-state index < -0.39 is 10.1 Å². The highest BCUT2D eigenvalue weighted by atomic mass is 32.2. The molecule has 0 bridgehead atoms. The minimum Gasteiger partial charge on any atom is -0.504 e. The maximum Gasteiger partial charge on any atom is 0.298 e. The zero-order chi connectivity index (χ0) is 26.9. The summed E-state index contributed by atoms with van der Waals surface area (Å²) in [6.07, 6.45) is 2.69. The predicted octanol–water partition coefficient (Wildman–Crippen LogP) is 7.23. The second-order valence-electron chi connectivity index (χ2n) is 12.6. The van der Waals surface area contributed by atoms with Gasteiger partial charge in [0, 0.05) is 5.56 Å². The standard InChI is InChI=1S/C27H48O6S/c1-13-14-18-19(20(28)21(32-11)22(33-12)23(18)34(29,30)31)24(26(7,8)15-17(2)3)27(9,10)16-25(4,5)6/h17,24,28H,13-16H2,1-12H3,(H,29,30,31). The van der Waals surface area contributed by atoms with E-state index in [-0.39, 0.29) is 44.3 Å². The molecule has 2 N–H and O–H groups in total. The highest BCUT2D eigenvalue weighted by molar-refractivity contribution is 7.86. The summed E-state index contributed by atoms with van der Waals surface area (Å²) in [5.41, 5.74) is 0.306. The fraction of sp³-hybridized carbons (Fsp3) is 0.778. The molecule has 1 aromatic rings. The lowest BCUT2D eigenvalue weighted by atomic mass is 9.55. The Bertz CT molecular complexity index is 953. The van der Waals surface area contributed by atoms with Gasteiger partial charge in [-0.05, 0) is 52.9 Å². The molecule has 0 radical (unpaired) electrons. The summed E-state index contributed by atoms with van der Waals surface area (Å²) < 4.78 is 46.6. The number of hydrogen-bond acceptors (Lipinski definition) is 5. The topological polar surface area (TPSA) is 93.1 Å². The minimum absolute atomic E-state index is 0.00135. The van der Waals surface area contributed by atoms with E-state index in [0.717, 1.165) is 12.8 Å². The van der Waals surface area contributed by atoms with Crippen LogP contribution in [0, 0.1) is 22.2 Å². The Balaban J connectivity index is 4.35. The highest BCUT2D eigenvalue weighted by Crippen LogP contribution is 2.60. The summed E-state index contributed by atoms with van der Waals surface area (Å²) in [6.45, 7) is 21.6. The quantitative estimate of drug-likeness (QED) is 0.311. The third-order valence-corrected chi connectivity index (χ3v) is 7.37. The number of phenols is 1. The molecule has 0 aliphatic heterocycles. The summed E-state index contributed by atoms with van der Waals surface area (Å²) in [5, 5.41) is 11.6. The molecule has 0 fully saturated rings. The van der Waals surface area contributed by atoms with Crippen LogP contribution in [-0.4, -0.2) is 32.3 Å². The molecule has 0 amide bonds. The Kier molecular flexibility index (Phi) is 9.57. The van der Waals surface area contributed by atoms with Gasteiger partial charge in [-0.1, -0.05) is 75.7 Å². The van der Waals surface area contributed by atoms with Crippen molar-refractivity contribution in [1.29, 1.82) is 0 Å². The predicted molar refractivity (Wildman–Crippen MR) is 139 cm³/mol. The third-order valence-electron chi connectivity index (χ3n) is 6.42. The van der Waals surface area contributed by atoms with E-state index in [2.05, 4.69) is 62.3 Å². The molecule has 1 aromatic carbocycles. The number of phenolic OH excluding ortho intramolecular Hbond substituents is 1. The average molecular weight is 501 g/mol.